The van der Waals surface area contributed by atoms with E-state index in [4.69, 9.17) is 30.4 Å². The molecule has 4 aromatic carbocycles. The number of nitrogen functional groups attached to an aromatic ring is 2. The van der Waals surface area contributed by atoms with Gasteiger partial charge in [0.05, 0.1) is 23.6 Å². The maximum atomic E-state index is 6.00. The average Bonchev–Trinajstić information content (AvgIpc) is 3.66. The van der Waals surface area contributed by atoms with Crippen molar-refractivity contribution < 1.29 is 18.9 Å². The molecule has 0 unspecified atom stereocenters. The number of benzene rings is 4. The molecule has 6 rings (SSSR count). The van der Waals surface area contributed by atoms with Gasteiger partial charge in [-0.1, -0.05) is 0 Å². The lowest BCUT2D eigenvalue weighted by atomic mass is 10.0. The van der Waals surface area contributed by atoms with E-state index in [1.807, 2.05) is 111 Å². The van der Waals surface area contributed by atoms with Gasteiger partial charge in [0.2, 0.25) is 0 Å². The number of hydrogen-bond donors (Lipinski definition) is 2. The average molecular weight is 709 g/mol. The summed E-state index contributed by atoms with van der Waals surface area (Å²) in [5.41, 5.74) is 20.0. The van der Waals surface area contributed by atoms with Gasteiger partial charge in [0.1, 0.15) is 34.5 Å². The molecular formula is C40H44N4O4S2. The summed E-state index contributed by atoms with van der Waals surface area (Å²) < 4.78 is 23.3. The van der Waals surface area contributed by atoms with Crippen LogP contribution in [0.15, 0.2) is 83.6 Å². The van der Waals surface area contributed by atoms with E-state index in [9.17, 15) is 0 Å². The molecule has 8 nitrogen and oxygen atoms in total. The molecule has 4 N–H and O–H groups in total. The number of hydrogen-bond acceptors (Lipinski definition) is 10. The number of aryl methyl sites for hydroxylation is 4. The highest BCUT2D eigenvalue weighted by Crippen LogP contribution is 2.36. The molecule has 2 heterocycles. The smallest absolute Gasteiger partial charge is 0.180 e. The molecule has 0 spiro atoms. The lowest BCUT2D eigenvalue weighted by Crippen LogP contribution is -2.05. The first-order valence-corrected chi connectivity index (χ1v) is 18.1. The molecule has 260 valence electrons. The van der Waals surface area contributed by atoms with E-state index in [0.29, 0.717) is 10.3 Å². The lowest BCUT2D eigenvalue weighted by Gasteiger charge is -2.13. The van der Waals surface area contributed by atoms with Crippen molar-refractivity contribution in [3.8, 4) is 57.0 Å². The first kappa shape index (κ1) is 36.2. The molecule has 0 radical (unpaired) electrons. The Morgan fingerprint density at radius 2 is 0.780 bits per heavy atom. The molecule has 2 aromatic heterocycles. The second kappa shape index (κ2) is 16.1. The van der Waals surface area contributed by atoms with Crippen molar-refractivity contribution in [1.82, 2.24) is 9.97 Å². The molecule has 0 aliphatic carbocycles. The van der Waals surface area contributed by atoms with Gasteiger partial charge in [-0.2, -0.15) is 0 Å². The molecule has 0 fully saturated rings. The van der Waals surface area contributed by atoms with Crippen LogP contribution in [-0.4, -0.2) is 22.2 Å². The Labute approximate surface area is 302 Å². The highest BCUT2D eigenvalue weighted by atomic mass is 32.1. The molecule has 0 amide bonds. The van der Waals surface area contributed by atoms with Crippen LogP contribution in [0.3, 0.4) is 0 Å². The fraction of sp³-hybridized carbons (Fsp3) is 0.250. The van der Waals surface area contributed by atoms with E-state index in [0.717, 1.165) is 79.3 Å². The van der Waals surface area contributed by atoms with E-state index in [1.54, 1.807) is 0 Å². The van der Waals surface area contributed by atoms with Crippen LogP contribution in [-0.2, 0) is 0 Å². The Hall–Kier alpha value is -5.06. The standard InChI is InChI=1S/2C20H22N2O2S/c2*1-12(2)23-15-5-7-16(8-6-15)24-17-9-13(3)19(14(4)10-17)18-11-25-20(21)22-18/h2*5-12H,1-4H3,(H2,21,22). The van der Waals surface area contributed by atoms with Crippen molar-refractivity contribution in [3.05, 3.63) is 106 Å². The van der Waals surface area contributed by atoms with Crippen LogP contribution in [0.5, 0.6) is 34.5 Å². The Morgan fingerprint density at radius 1 is 0.480 bits per heavy atom. The lowest BCUT2D eigenvalue weighted by molar-refractivity contribution is 0.242. The van der Waals surface area contributed by atoms with Gasteiger partial charge in [0, 0.05) is 21.9 Å². The Bertz CT molecular complexity index is 1840. The molecule has 0 atom stereocenters. The van der Waals surface area contributed by atoms with Gasteiger partial charge >= 0.3 is 0 Å². The Morgan fingerprint density at radius 3 is 1.04 bits per heavy atom. The summed E-state index contributed by atoms with van der Waals surface area (Å²) in [4.78, 5) is 8.78. The van der Waals surface area contributed by atoms with E-state index in [1.165, 1.54) is 22.7 Å². The van der Waals surface area contributed by atoms with E-state index in [-0.39, 0.29) is 12.2 Å². The zero-order valence-corrected chi connectivity index (χ0v) is 31.4. The third-order valence-electron chi connectivity index (χ3n) is 7.43. The van der Waals surface area contributed by atoms with Crippen molar-refractivity contribution in [2.75, 3.05) is 11.5 Å². The monoisotopic (exact) mass is 708 g/mol. The first-order chi connectivity index (χ1) is 23.8. The van der Waals surface area contributed by atoms with Gasteiger partial charge in [-0.15, -0.1) is 22.7 Å². The largest absolute Gasteiger partial charge is 0.491 e. The molecule has 0 saturated carbocycles. The topological polar surface area (TPSA) is 115 Å². The fourth-order valence-electron chi connectivity index (χ4n) is 5.57. The quantitative estimate of drug-likeness (QED) is 0.144. The SMILES string of the molecule is Cc1cc(Oc2ccc(OC(C)C)cc2)cc(C)c1-c1csc(N)n1.Cc1cc(Oc2ccc(OC(C)C)cc2)cc(C)c1-c1csc(N)n1. The second-order valence-electron chi connectivity index (χ2n) is 12.5. The molecule has 0 aliphatic heterocycles. The van der Waals surface area contributed by atoms with Gasteiger partial charge in [0.25, 0.3) is 0 Å². The van der Waals surface area contributed by atoms with Crippen molar-refractivity contribution in [3.63, 3.8) is 0 Å². The summed E-state index contributed by atoms with van der Waals surface area (Å²) in [7, 11) is 0. The maximum Gasteiger partial charge on any atom is 0.180 e. The minimum absolute atomic E-state index is 0.157. The van der Waals surface area contributed by atoms with Gasteiger partial charge < -0.3 is 30.4 Å². The highest BCUT2D eigenvalue weighted by molar-refractivity contribution is 7.14. The predicted octanol–water partition coefficient (Wildman–Crippen LogP) is 11.2. The normalized spacial score (nSPS) is 10.9. The van der Waals surface area contributed by atoms with Crippen LogP contribution >= 0.6 is 22.7 Å². The maximum absolute atomic E-state index is 6.00. The van der Waals surface area contributed by atoms with Crippen molar-refractivity contribution in [1.29, 1.82) is 0 Å². The third kappa shape index (κ3) is 9.55. The molecule has 50 heavy (non-hydrogen) atoms. The number of ether oxygens (including phenoxy) is 4. The second-order valence-corrected chi connectivity index (χ2v) is 14.3. The van der Waals surface area contributed by atoms with Gasteiger partial charge in [-0.25, -0.2) is 9.97 Å². The Kier molecular flexibility index (Phi) is 11.7. The summed E-state index contributed by atoms with van der Waals surface area (Å²) in [6, 6.07) is 23.4. The molecule has 10 heteroatoms. The highest BCUT2D eigenvalue weighted by Gasteiger charge is 2.13. The summed E-state index contributed by atoms with van der Waals surface area (Å²) in [6.45, 7) is 16.3. The number of thiazole rings is 2. The van der Waals surface area contributed by atoms with E-state index < -0.39 is 0 Å². The zero-order valence-electron chi connectivity index (χ0n) is 29.7. The molecule has 0 aliphatic rings. The van der Waals surface area contributed by atoms with E-state index >= 15 is 0 Å². The van der Waals surface area contributed by atoms with E-state index in [2.05, 4.69) is 37.7 Å². The summed E-state index contributed by atoms with van der Waals surface area (Å²) in [5.74, 6) is 4.84. The summed E-state index contributed by atoms with van der Waals surface area (Å²) in [6.07, 6.45) is 0.314. The number of nitrogens with two attached hydrogens (primary N) is 2. The van der Waals surface area contributed by atoms with Crippen LogP contribution in [0.2, 0.25) is 0 Å². The molecule has 0 saturated heterocycles. The molecule has 6 aromatic rings. The van der Waals surface area contributed by atoms with Crippen LogP contribution in [0.1, 0.15) is 49.9 Å². The predicted molar refractivity (Wildman–Crippen MR) is 207 cm³/mol. The van der Waals surface area contributed by atoms with Gasteiger partial charge in [0.15, 0.2) is 10.3 Å². The number of rotatable bonds is 10. The van der Waals surface area contributed by atoms with Gasteiger partial charge in [-0.3, -0.25) is 0 Å². The zero-order chi connectivity index (χ0) is 35.9. The minimum Gasteiger partial charge on any atom is -0.491 e. The number of nitrogens with zero attached hydrogens (tertiary/aromatic N) is 2. The fourth-order valence-corrected chi connectivity index (χ4v) is 6.68. The van der Waals surface area contributed by atoms with Crippen molar-refractivity contribution in [2.45, 2.75) is 67.6 Å². The van der Waals surface area contributed by atoms with Crippen LogP contribution in [0.25, 0.3) is 22.5 Å². The molecule has 0 bridgehead atoms. The van der Waals surface area contributed by atoms with Crippen molar-refractivity contribution in [2.24, 2.45) is 0 Å². The third-order valence-corrected chi connectivity index (χ3v) is 8.78. The Balaban J connectivity index is 0.000000194. The van der Waals surface area contributed by atoms with Crippen molar-refractivity contribution >= 4 is 32.9 Å². The summed E-state index contributed by atoms with van der Waals surface area (Å²) >= 11 is 2.90. The number of anilines is 2. The first-order valence-electron chi connectivity index (χ1n) is 16.4. The van der Waals surface area contributed by atoms with Crippen LogP contribution in [0, 0.1) is 27.7 Å². The number of aromatic nitrogens is 2. The summed E-state index contributed by atoms with van der Waals surface area (Å²) in [5, 5.41) is 5.13. The van der Waals surface area contributed by atoms with Crippen LogP contribution < -0.4 is 30.4 Å². The minimum atomic E-state index is 0.157. The van der Waals surface area contributed by atoms with Gasteiger partial charge in [-0.05, 0) is 150 Å². The van der Waals surface area contributed by atoms with Crippen LogP contribution in [0.4, 0.5) is 10.3 Å². The molecular weight excluding hydrogens is 665 g/mol.